The van der Waals surface area contributed by atoms with Crippen LogP contribution < -0.4 is 5.32 Å². The van der Waals surface area contributed by atoms with E-state index in [0.717, 1.165) is 32.1 Å². The largest absolute Gasteiger partial charge is 0.394 e. The number of carbonyl (C=O) groups excluding carboxylic acids is 1. The van der Waals surface area contributed by atoms with Gasteiger partial charge in [0.25, 0.3) is 0 Å². The molecule has 0 aromatic carbocycles. The van der Waals surface area contributed by atoms with Gasteiger partial charge in [0.15, 0.2) is 12.6 Å². The van der Waals surface area contributed by atoms with Crippen LogP contribution in [-0.2, 0) is 23.7 Å². The van der Waals surface area contributed by atoms with Crippen LogP contribution in [0.5, 0.6) is 0 Å². The van der Waals surface area contributed by atoms with Crippen molar-refractivity contribution in [2.24, 2.45) is 0 Å². The summed E-state index contributed by atoms with van der Waals surface area (Å²) in [5.74, 6) is -0.243. The number of hydrogen-bond acceptors (Lipinski definition) is 13. The van der Waals surface area contributed by atoms with E-state index in [4.69, 9.17) is 18.9 Å². The Balaban J connectivity index is 1.72. The Labute approximate surface area is 481 Å². The molecule has 14 nitrogen and oxygen atoms in total. The lowest BCUT2D eigenvalue weighted by Crippen LogP contribution is -2.65. The van der Waals surface area contributed by atoms with E-state index in [9.17, 15) is 45.6 Å². The first kappa shape index (κ1) is 73.6. The standard InChI is InChI=1S/C65H123NO13/c1-3-5-7-9-11-13-15-17-19-21-23-25-26-27-28-29-31-33-35-37-39-41-43-45-47-49-57(70)66-53(54(69)48-46-44-42-40-38-36-34-32-30-24-22-20-18-16-14-12-10-8-6-4-2)52-76-64-62(75)60(73)63(56(51-68)78-64)79-65-61(74)59(72)58(71)55(50-67)77-65/h38,40,46,48,53-56,58-65,67-69,71-75H,3-37,39,41-45,47,49-52H2,1-2H3,(H,66,70)/b40-38+,48-46+. The van der Waals surface area contributed by atoms with Crippen LogP contribution >= 0.6 is 0 Å². The fourth-order valence-electron chi connectivity index (χ4n) is 11.1. The lowest BCUT2D eigenvalue weighted by molar-refractivity contribution is -0.359. The van der Waals surface area contributed by atoms with Crippen molar-refractivity contribution in [3.63, 3.8) is 0 Å². The molecule has 2 aliphatic heterocycles. The first-order chi connectivity index (χ1) is 38.6. The molecule has 0 spiro atoms. The SMILES string of the molecule is CCCCCCCCCCCCCCCC/C=C/CC/C=C/C(O)C(COC1OC(CO)C(OC2OC(CO)C(O)C(O)C2O)C(O)C1O)NC(=O)CCCCCCCCCCCCCCCCCCCCCCCCCCC. The van der Waals surface area contributed by atoms with E-state index < -0.39 is 86.8 Å². The highest BCUT2D eigenvalue weighted by atomic mass is 16.7. The molecule has 2 heterocycles. The van der Waals surface area contributed by atoms with Gasteiger partial charge in [-0.15, -0.1) is 0 Å². The van der Waals surface area contributed by atoms with Gasteiger partial charge in [-0.05, 0) is 32.1 Å². The molecule has 14 heteroatoms. The van der Waals surface area contributed by atoms with Gasteiger partial charge in [0.2, 0.25) is 5.91 Å². The van der Waals surface area contributed by atoms with Crippen LogP contribution in [0.1, 0.15) is 290 Å². The summed E-state index contributed by atoms with van der Waals surface area (Å²) < 4.78 is 22.8. The molecule has 2 fully saturated rings. The number of ether oxygens (including phenoxy) is 4. The summed E-state index contributed by atoms with van der Waals surface area (Å²) in [6.45, 7) is 2.83. The molecule has 1 amide bonds. The number of allylic oxidation sites excluding steroid dienone is 3. The molecule has 2 saturated heterocycles. The van der Waals surface area contributed by atoms with Crippen LogP contribution in [0.25, 0.3) is 0 Å². The van der Waals surface area contributed by atoms with Gasteiger partial charge in [-0.25, -0.2) is 0 Å². The zero-order valence-corrected chi connectivity index (χ0v) is 50.4. The molecule has 12 unspecified atom stereocenters. The summed E-state index contributed by atoms with van der Waals surface area (Å²) in [6.07, 6.45) is 45.1. The number of carbonyl (C=O) groups is 1. The van der Waals surface area contributed by atoms with Crippen LogP contribution in [0.2, 0.25) is 0 Å². The average Bonchev–Trinajstić information content (AvgIpc) is 3.47. The molecule has 0 radical (unpaired) electrons. The van der Waals surface area contributed by atoms with Crippen LogP contribution in [0.15, 0.2) is 24.3 Å². The Bertz CT molecular complexity index is 1420. The molecule has 79 heavy (non-hydrogen) atoms. The topological polar surface area (TPSA) is 228 Å². The Morgan fingerprint density at radius 2 is 0.810 bits per heavy atom. The van der Waals surface area contributed by atoms with Gasteiger partial charge in [-0.3, -0.25) is 4.79 Å². The summed E-state index contributed by atoms with van der Waals surface area (Å²) in [4.78, 5) is 13.3. The second-order valence-corrected chi connectivity index (χ2v) is 23.6. The van der Waals surface area contributed by atoms with Crippen LogP contribution in [0.4, 0.5) is 0 Å². The quantitative estimate of drug-likeness (QED) is 0.0204. The Morgan fingerprint density at radius 3 is 1.24 bits per heavy atom. The predicted molar refractivity (Wildman–Crippen MR) is 318 cm³/mol. The monoisotopic (exact) mass is 1130 g/mol. The highest BCUT2D eigenvalue weighted by Gasteiger charge is 2.51. The summed E-state index contributed by atoms with van der Waals surface area (Å²) >= 11 is 0. The van der Waals surface area contributed by atoms with Gasteiger partial charge < -0.3 is 65.1 Å². The van der Waals surface area contributed by atoms with Crippen molar-refractivity contribution in [1.29, 1.82) is 0 Å². The molecule has 2 aliphatic rings. The van der Waals surface area contributed by atoms with Gasteiger partial charge in [-0.1, -0.05) is 276 Å². The van der Waals surface area contributed by atoms with E-state index in [-0.39, 0.29) is 18.9 Å². The fraction of sp³-hybridized carbons (Fsp3) is 0.923. The summed E-state index contributed by atoms with van der Waals surface area (Å²) in [5, 5.41) is 87.3. The van der Waals surface area contributed by atoms with Crippen LogP contribution in [0.3, 0.4) is 0 Å². The lowest BCUT2D eigenvalue weighted by Gasteiger charge is -2.46. The van der Waals surface area contributed by atoms with Crippen molar-refractivity contribution in [2.75, 3.05) is 19.8 Å². The van der Waals surface area contributed by atoms with E-state index >= 15 is 0 Å². The molecule has 0 aromatic rings. The van der Waals surface area contributed by atoms with Gasteiger partial charge >= 0.3 is 0 Å². The highest BCUT2D eigenvalue weighted by Crippen LogP contribution is 2.30. The van der Waals surface area contributed by atoms with Crippen molar-refractivity contribution in [2.45, 2.75) is 364 Å². The lowest BCUT2D eigenvalue weighted by atomic mass is 9.97. The Hall–Kier alpha value is -1.53. The maximum absolute atomic E-state index is 13.3. The number of aliphatic hydroxyl groups excluding tert-OH is 8. The van der Waals surface area contributed by atoms with E-state index in [1.165, 1.54) is 225 Å². The number of unbranched alkanes of at least 4 members (excludes halogenated alkanes) is 39. The zero-order valence-electron chi connectivity index (χ0n) is 50.4. The third kappa shape index (κ3) is 36.0. The van der Waals surface area contributed by atoms with Crippen LogP contribution in [0, 0.1) is 0 Å². The number of aliphatic hydroxyl groups is 8. The van der Waals surface area contributed by atoms with E-state index in [2.05, 4.69) is 31.3 Å². The minimum atomic E-state index is -1.79. The normalized spacial score (nSPS) is 24.5. The minimum Gasteiger partial charge on any atom is -0.394 e. The molecule has 12 atom stereocenters. The molecular formula is C65H123NO13. The van der Waals surface area contributed by atoms with Crippen LogP contribution in [-0.4, -0.2) is 140 Å². The van der Waals surface area contributed by atoms with Crippen molar-refractivity contribution in [3.8, 4) is 0 Å². The number of hydrogen-bond donors (Lipinski definition) is 9. The molecular weight excluding hydrogens is 1000 g/mol. The average molecular weight is 1130 g/mol. The van der Waals surface area contributed by atoms with Crippen molar-refractivity contribution >= 4 is 5.91 Å². The predicted octanol–water partition coefficient (Wildman–Crippen LogP) is 12.4. The van der Waals surface area contributed by atoms with Crippen molar-refractivity contribution < 1.29 is 64.6 Å². The molecule has 0 saturated carbocycles. The van der Waals surface area contributed by atoms with E-state index in [1.54, 1.807) is 6.08 Å². The maximum atomic E-state index is 13.3. The molecule has 2 rings (SSSR count). The van der Waals surface area contributed by atoms with E-state index in [0.29, 0.717) is 12.8 Å². The maximum Gasteiger partial charge on any atom is 0.220 e. The number of rotatable bonds is 54. The highest BCUT2D eigenvalue weighted by molar-refractivity contribution is 5.76. The first-order valence-corrected chi connectivity index (χ1v) is 33.1. The third-order valence-corrected chi connectivity index (χ3v) is 16.4. The summed E-state index contributed by atoms with van der Waals surface area (Å²) in [5.41, 5.74) is 0. The minimum absolute atomic E-state index is 0.243. The number of nitrogens with one attached hydrogen (secondary N) is 1. The number of amides is 1. The van der Waals surface area contributed by atoms with Gasteiger partial charge in [-0.2, -0.15) is 0 Å². The Morgan fingerprint density at radius 1 is 0.443 bits per heavy atom. The van der Waals surface area contributed by atoms with Gasteiger partial charge in [0.05, 0.1) is 32.0 Å². The summed E-state index contributed by atoms with van der Waals surface area (Å²) in [6, 6.07) is -0.928. The van der Waals surface area contributed by atoms with E-state index in [1.807, 2.05) is 6.08 Å². The third-order valence-electron chi connectivity index (χ3n) is 16.4. The molecule has 9 N–H and O–H groups in total. The van der Waals surface area contributed by atoms with Gasteiger partial charge in [0.1, 0.15) is 48.8 Å². The van der Waals surface area contributed by atoms with Gasteiger partial charge in [0, 0.05) is 6.42 Å². The molecule has 466 valence electrons. The Kier molecular flexibility index (Phi) is 47.4. The first-order valence-electron chi connectivity index (χ1n) is 33.1. The zero-order chi connectivity index (χ0) is 57.4. The molecule has 0 aromatic heterocycles. The molecule has 0 aliphatic carbocycles. The van der Waals surface area contributed by atoms with Crippen molar-refractivity contribution in [3.05, 3.63) is 24.3 Å². The van der Waals surface area contributed by atoms with Crippen molar-refractivity contribution in [1.82, 2.24) is 5.32 Å². The molecule has 0 bridgehead atoms. The smallest absolute Gasteiger partial charge is 0.220 e. The summed E-state index contributed by atoms with van der Waals surface area (Å²) in [7, 11) is 0. The second kappa shape index (κ2) is 50.9. The fourth-order valence-corrected chi connectivity index (χ4v) is 11.1. The second-order valence-electron chi connectivity index (χ2n) is 23.6.